The van der Waals surface area contributed by atoms with E-state index in [2.05, 4.69) is 15.9 Å². The average Bonchev–Trinajstić information content (AvgIpc) is 3.20. The lowest BCUT2D eigenvalue weighted by Gasteiger charge is -2.18. The van der Waals surface area contributed by atoms with Gasteiger partial charge in [-0.15, -0.1) is 0 Å². The van der Waals surface area contributed by atoms with E-state index in [-0.39, 0.29) is 19.1 Å². The van der Waals surface area contributed by atoms with Crippen LogP contribution in [0.25, 0.3) is 10.8 Å². The van der Waals surface area contributed by atoms with E-state index in [1.165, 1.54) is 0 Å². The molecule has 0 spiro atoms. The van der Waals surface area contributed by atoms with Crippen molar-refractivity contribution < 1.29 is 14.3 Å². The van der Waals surface area contributed by atoms with Gasteiger partial charge in [0.2, 0.25) is 0 Å². The first kappa shape index (κ1) is 13.7. The van der Waals surface area contributed by atoms with Crippen molar-refractivity contribution >= 4 is 38.5 Å². The van der Waals surface area contributed by atoms with Gasteiger partial charge in [0.15, 0.2) is 5.60 Å². The Bertz CT molecular complexity index is 829. The van der Waals surface area contributed by atoms with Crippen molar-refractivity contribution in [1.29, 1.82) is 0 Å². The Morgan fingerprint density at radius 2 is 2.09 bits per heavy atom. The van der Waals surface area contributed by atoms with Crippen molar-refractivity contribution in [3.8, 4) is 0 Å². The summed E-state index contributed by atoms with van der Waals surface area (Å²) < 4.78 is 6.17. The predicted molar refractivity (Wildman–Crippen MR) is 84.3 cm³/mol. The number of nitrogens with zero attached hydrogens (tertiary/aromatic N) is 1. The number of ether oxygens (including phenoxy) is 1. The largest absolute Gasteiger partial charge is 0.367 e. The van der Waals surface area contributed by atoms with E-state index in [1.54, 1.807) is 4.90 Å². The monoisotopic (exact) mass is 360 g/mol. The molecule has 2 aromatic carbocycles. The van der Waals surface area contributed by atoms with E-state index < -0.39 is 11.5 Å². The van der Waals surface area contributed by atoms with Crippen LogP contribution in [-0.2, 0) is 16.1 Å². The third kappa shape index (κ3) is 1.94. The fraction of sp³-hybridized carbons (Fsp3) is 0.250. The number of nitrogens with two attached hydrogens (primary N) is 1. The number of epoxide rings is 1. The van der Waals surface area contributed by atoms with Crippen LogP contribution in [0.2, 0.25) is 0 Å². The maximum Gasteiger partial charge on any atom is 0.254 e. The summed E-state index contributed by atoms with van der Waals surface area (Å²) in [5, 5.41) is 2.14. The normalized spacial score (nSPS) is 23.0. The van der Waals surface area contributed by atoms with Crippen LogP contribution in [0.1, 0.15) is 15.9 Å². The highest BCUT2D eigenvalue weighted by Gasteiger charge is 2.53. The fourth-order valence-corrected chi connectivity index (χ4v) is 3.35. The van der Waals surface area contributed by atoms with Crippen LogP contribution in [-0.4, -0.2) is 35.5 Å². The zero-order chi connectivity index (χ0) is 15.5. The standard InChI is InChI=1S/C16H13BrN2O3/c17-10-3-1-9-2-4-11-13(12(9)5-10)6-19(14(11)20)7-16(8-22-16)15(18)21/h1-5H,6-8H2,(H2,18,21). The molecule has 22 heavy (non-hydrogen) atoms. The quantitative estimate of drug-likeness (QED) is 0.848. The van der Waals surface area contributed by atoms with Crippen LogP contribution in [0.4, 0.5) is 0 Å². The van der Waals surface area contributed by atoms with E-state index in [4.69, 9.17) is 10.5 Å². The van der Waals surface area contributed by atoms with Crippen molar-refractivity contribution in [3.05, 3.63) is 45.9 Å². The lowest BCUT2D eigenvalue weighted by atomic mass is 10.0. The van der Waals surface area contributed by atoms with Gasteiger partial charge in [0, 0.05) is 16.6 Å². The van der Waals surface area contributed by atoms with Crippen LogP contribution in [0.5, 0.6) is 0 Å². The number of hydrogen-bond acceptors (Lipinski definition) is 3. The number of carbonyl (C=O) groups excluding carboxylic acids is 2. The summed E-state index contributed by atoms with van der Waals surface area (Å²) in [6, 6.07) is 9.80. The van der Waals surface area contributed by atoms with Crippen molar-refractivity contribution in [1.82, 2.24) is 4.90 Å². The molecule has 0 saturated carbocycles. The van der Waals surface area contributed by atoms with E-state index in [1.807, 2.05) is 30.3 Å². The molecule has 6 heteroatoms. The topological polar surface area (TPSA) is 75.9 Å². The molecule has 0 bridgehead atoms. The average molecular weight is 361 g/mol. The number of carbonyl (C=O) groups is 2. The molecule has 2 aromatic rings. The fourth-order valence-electron chi connectivity index (χ4n) is 2.99. The van der Waals surface area contributed by atoms with Gasteiger partial charge in [-0.2, -0.15) is 0 Å². The molecular formula is C16H13BrN2O3. The molecule has 2 aliphatic rings. The molecule has 2 aliphatic heterocycles. The SMILES string of the molecule is NC(=O)C1(CN2Cc3c(ccc4ccc(Br)cc34)C2=O)CO1. The molecule has 0 aliphatic carbocycles. The van der Waals surface area contributed by atoms with Gasteiger partial charge in [-0.25, -0.2) is 0 Å². The highest BCUT2D eigenvalue weighted by Crippen LogP contribution is 2.35. The Hall–Kier alpha value is -1.92. The van der Waals surface area contributed by atoms with E-state index in [0.29, 0.717) is 12.1 Å². The summed E-state index contributed by atoms with van der Waals surface area (Å²) in [5.41, 5.74) is 6.05. The Morgan fingerprint density at radius 3 is 2.77 bits per heavy atom. The van der Waals surface area contributed by atoms with Crippen LogP contribution in [0.3, 0.4) is 0 Å². The summed E-state index contributed by atoms with van der Waals surface area (Å²) in [5.74, 6) is -0.586. The lowest BCUT2D eigenvalue weighted by molar-refractivity contribution is -0.123. The molecule has 2 N–H and O–H groups in total. The maximum absolute atomic E-state index is 12.6. The third-order valence-electron chi connectivity index (χ3n) is 4.35. The first-order valence-electron chi connectivity index (χ1n) is 6.94. The van der Waals surface area contributed by atoms with Gasteiger partial charge >= 0.3 is 0 Å². The lowest BCUT2D eigenvalue weighted by Crippen LogP contribution is -2.43. The maximum atomic E-state index is 12.6. The number of hydrogen-bond donors (Lipinski definition) is 1. The van der Waals surface area contributed by atoms with Gasteiger partial charge in [-0.1, -0.05) is 28.1 Å². The van der Waals surface area contributed by atoms with Crippen molar-refractivity contribution in [2.24, 2.45) is 5.73 Å². The summed E-state index contributed by atoms with van der Waals surface area (Å²) >= 11 is 3.47. The molecular weight excluding hydrogens is 348 g/mol. The summed E-state index contributed by atoms with van der Waals surface area (Å²) in [6.07, 6.45) is 0. The molecule has 1 fully saturated rings. The van der Waals surface area contributed by atoms with Gasteiger partial charge < -0.3 is 15.4 Å². The van der Waals surface area contributed by atoms with Crippen LogP contribution < -0.4 is 5.73 Å². The van der Waals surface area contributed by atoms with Gasteiger partial charge in [0.25, 0.3) is 11.8 Å². The van der Waals surface area contributed by atoms with E-state index in [0.717, 1.165) is 20.8 Å². The molecule has 0 aromatic heterocycles. The van der Waals surface area contributed by atoms with Crippen molar-refractivity contribution in [3.63, 3.8) is 0 Å². The summed E-state index contributed by atoms with van der Waals surface area (Å²) in [7, 11) is 0. The summed E-state index contributed by atoms with van der Waals surface area (Å²) in [6.45, 7) is 0.973. The molecule has 4 rings (SSSR count). The van der Waals surface area contributed by atoms with Gasteiger partial charge in [-0.05, 0) is 34.5 Å². The second-order valence-corrected chi connectivity index (χ2v) is 6.68. The molecule has 1 atom stereocenters. The molecule has 1 saturated heterocycles. The van der Waals surface area contributed by atoms with Crippen LogP contribution in [0, 0.1) is 0 Å². The van der Waals surface area contributed by atoms with Crippen molar-refractivity contribution in [2.45, 2.75) is 12.1 Å². The predicted octanol–water partition coefficient (Wildman–Crippen LogP) is 1.81. The Labute approximate surface area is 135 Å². The highest BCUT2D eigenvalue weighted by atomic mass is 79.9. The minimum absolute atomic E-state index is 0.0759. The number of rotatable bonds is 3. The minimum Gasteiger partial charge on any atom is -0.367 e. The minimum atomic E-state index is -0.992. The zero-order valence-electron chi connectivity index (χ0n) is 11.6. The van der Waals surface area contributed by atoms with E-state index in [9.17, 15) is 9.59 Å². The number of fused-ring (bicyclic) bond motifs is 3. The first-order chi connectivity index (χ1) is 10.5. The number of primary amides is 1. The van der Waals surface area contributed by atoms with Gasteiger partial charge in [0.05, 0.1) is 13.2 Å². The van der Waals surface area contributed by atoms with Gasteiger partial charge in [0.1, 0.15) is 0 Å². The molecule has 5 nitrogen and oxygen atoms in total. The number of benzene rings is 2. The second kappa shape index (κ2) is 4.54. The van der Waals surface area contributed by atoms with Crippen LogP contribution in [0.15, 0.2) is 34.8 Å². The zero-order valence-corrected chi connectivity index (χ0v) is 13.2. The number of halogens is 1. The molecule has 1 unspecified atom stereocenters. The first-order valence-corrected chi connectivity index (χ1v) is 7.74. The van der Waals surface area contributed by atoms with Crippen molar-refractivity contribution in [2.75, 3.05) is 13.2 Å². The third-order valence-corrected chi connectivity index (χ3v) is 4.84. The Morgan fingerprint density at radius 1 is 1.36 bits per heavy atom. The number of amides is 2. The molecule has 2 amide bonds. The Kier molecular flexibility index (Phi) is 2.83. The molecule has 0 radical (unpaired) electrons. The smallest absolute Gasteiger partial charge is 0.254 e. The molecule has 2 heterocycles. The Balaban J connectivity index is 1.73. The highest BCUT2D eigenvalue weighted by molar-refractivity contribution is 9.10. The molecule has 112 valence electrons. The van der Waals surface area contributed by atoms with E-state index >= 15 is 0 Å². The van der Waals surface area contributed by atoms with Crippen LogP contribution >= 0.6 is 15.9 Å². The summed E-state index contributed by atoms with van der Waals surface area (Å²) in [4.78, 5) is 25.7. The van der Waals surface area contributed by atoms with Gasteiger partial charge in [-0.3, -0.25) is 9.59 Å². The second-order valence-electron chi connectivity index (χ2n) is 5.77.